The van der Waals surface area contributed by atoms with Crippen molar-refractivity contribution in [2.45, 2.75) is 46.6 Å². The van der Waals surface area contributed by atoms with E-state index in [0.717, 1.165) is 16.2 Å². The van der Waals surface area contributed by atoms with Crippen LogP contribution in [0.1, 0.15) is 43.5 Å². The smallest absolute Gasteiger partial charge is 0.277 e. The predicted octanol–water partition coefficient (Wildman–Crippen LogP) is 2.09. The second-order valence-electron chi connectivity index (χ2n) is 5.01. The lowest BCUT2D eigenvalue weighted by Gasteiger charge is -2.37. The van der Waals surface area contributed by atoms with Crippen molar-refractivity contribution in [3.05, 3.63) is 16.1 Å². The van der Waals surface area contributed by atoms with Crippen molar-refractivity contribution in [3.63, 3.8) is 0 Å². The molecule has 0 bridgehead atoms. The van der Waals surface area contributed by atoms with Crippen LogP contribution in [0.25, 0.3) is 0 Å². The number of imide groups is 2. The lowest BCUT2D eigenvalue weighted by molar-refractivity contribution is -0.152. The third-order valence-corrected chi connectivity index (χ3v) is 5.13. The summed E-state index contributed by atoms with van der Waals surface area (Å²) in [5, 5.41) is 3.00. The molecule has 1 saturated heterocycles. The van der Waals surface area contributed by atoms with Gasteiger partial charge < -0.3 is 0 Å². The molecule has 1 aromatic rings. The maximum absolute atomic E-state index is 12.6. The van der Waals surface area contributed by atoms with Gasteiger partial charge in [-0.1, -0.05) is 20.8 Å². The molecule has 1 aliphatic heterocycles. The zero-order valence-electron chi connectivity index (χ0n) is 12.4. The van der Waals surface area contributed by atoms with Crippen molar-refractivity contribution in [1.82, 2.24) is 15.2 Å². The Labute approximate surface area is 127 Å². The van der Waals surface area contributed by atoms with E-state index < -0.39 is 23.3 Å². The third kappa shape index (κ3) is 2.57. The van der Waals surface area contributed by atoms with Gasteiger partial charge in [-0.2, -0.15) is 0 Å². The lowest BCUT2D eigenvalue weighted by Crippen LogP contribution is -2.63. The summed E-state index contributed by atoms with van der Waals surface area (Å²) in [5.41, 5.74) is -1.14. The Morgan fingerprint density at radius 1 is 1.24 bits per heavy atom. The first-order valence-electron chi connectivity index (χ1n) is 7.09. The topological polar surface area (TPSA) is 79.4 Å². The molecule has 1 fully saturated rings. The second kappa shape index (κ2) is 5.93. The normalized spacial score (nSPS) is 18.0. The van der Waals surface area contributed by atoms with E-state index in [9.17, 15) is 14.4 Å². The van der Waals surface area contributed by atoms with Crippen LogP contribution >= 0.6 is 11.3 Å². The van der Waals surface area contributed by atoms with E-state index in [0.29, 0.717) is 17.8 Å². The maximum atomic E-state index is 12.6. The van der Waals surface area contributed by atoms with Crippen molar-refractivity contribution in [3.8, 4) is 0 Å². The number of thiazole rings is 1. The SMILES string of the molecule is CCc1cnc(CN2C(=O)NC(=O)C(CC)(CC)C2=O)s1. The molecule has 114 valence electrons. The van der Waals surface area contributed by atoms with Gasteiger partial charge in [0.25, 0.3) is 0 Å². The van der Waals surface area contributed by atoms with Crippen LogP contribution in [0.3, 0.4) is 0 Å². The molecule has 6 nitrogen and oxygen atoms in total. The zero-order valence-corrected chi connectivity index (χ0v) is 13.2. The van der Waals surface area contributed by atoms with Crippen LogP contribution in [0.4, 0.5) is 4.79 Å². The molecular weight excluding hydrogens is 290 g/mol. The van der Waals surface area contributed by atoms with Crippen molar-refractivity contribution < 1.29 is 14.4 Å². The predicted molar refractivity (Wildman–Crippen MR) is 78.6 cm³/mol. The summed E-state index contributed by atoms with van der Waals surface area (Å²) in [6.07, 6.45) is 3.36. The second-order valence-corrected chi connectivity index (χ2v) is 6.21. The first-order valence-corrected chi connectivity index (χ1v) is 7.91. The number of nitrogens with zero attached hydrogens (tertiary/aromatic N) is 2. The van der Waals surface area contributed by atoms with E-state index in [-0.39, 0.29) is 6.54 Å². The lowest BCUT2D eigenvalue weighted by atomic mass is 9.78. The van der Waals surface area contributed by atoms with Crippen LogP contribution in [0.2, 0.25) is 0 Å². The summed E-state index contributed by atoms with van der Waals surface area (Å²) in [5.74, 6) is -0.915. The Balaban J connectivity index is 2.27. The van der Waals surface area contributed by atoms with Gasteiger partial charge in [-0.25, -0.2) is 9.78 Å². The molecule has 7 heteroatoms. The number of rotatable bonds is 5. The number of amides is 4. The molecule has 0 aromatic carbocycles. The number of aromatic nitrogens is 1. The van der Waals surface area contributed by atoms with Crippen molar-refractivity contribution in [2.24, 2.45) is 5.41 Å². The molecule has 1 aromatic heterocycles. The van der Waals surface area contributed by atoms with Gasteiger partial charge in [0, 0.05) is 11.1 Å². The number of urea groups is 1. The first kappa shape index (κ1) is 15.6. The van der Waals surface area contributed by atoms with Crippen molar-refractivity contribution in [2.75, 3.05) is 0 Å². The Morgan fingerprint density at radius 3 is 2.43 bits per heavy atom. The van der Waals surface area contributed by atoms with E-state index in [2.05, 4.69) is 10.3 Å². The van der Waals surface area contributed by atoms with Crippen LogP contribution in [-0.4, -0.2) is 27.7 Å². The molecule has 1 aliphatic rings. The molecule has 0 unspecified atom stereocenters. The average molecular weight is 309 g/mol. The Bertz CT molecular complexity index is 578. The van der Waals surface area contributed by atoms with Gasteiger partial charge in [-0.15, -0.1) is 11.3 Å². The van der Waals surface area contributed by atoms with E-state index in [4.69, 9.17) is 0 Å². The van der Waals surface area contributed by atoms with E-state index >= 15 is 0 Å². The van der Waals surface area contributed by atoms with Gasteiger partial charge in [0.2, 0.25) is 11.8 Å². The molecule has 2 rings (SSSR count). The minimum atomic E-state index is -1.14. The van der Waals surface area contributed by atoms with Crippen LogP contribution in [0.5, 0.6) is 0 Å². The van der Waals surface area contributed by atoms with Gasteiger partial charge in [0.05, 0.1) is 6.54 Å². The molecule has 2 heterocycles. The summed E-state index contributed by atoms with van der Waals surface area (Å²) >= 11 is 1.48. The van der Waals surface area contributed by atoms with Gasteiger partial charge in [-0.05, 0) is 19.3 Å². The third-order valence-electron chi connectivity index (χ3n) is 4.01. The number of aryl methyl sites for hydroxylation is 1. The number of carbonyl (C=O) groups excluding carboxylic acids is 3. The van der Waals surface area contributed by atoms with E-state index in [1.54, 1.807) is 20.0 Å². The Hall–Kier alpha value is -1.76. The summed E-state index contributed by atoms with van der Waals surface area (Å²) < 4.78 is 0. The fourth-order valence-electron chi connectivity index (χ4n) is 2.47. The van der Waals surface area contributed by atoms with Crippen molar-refractivity contribution in [1.29, 1.82) is 0 Å². The molecule has 0 atom stereocenters. The Morgan fingerprint density at radius 2 is 1.90 bits per heavy atom. The number of carbonyl (C=O) groups is 3. The summed E-state index contributed by atoms with van der Waals surface area (Å²) in [7, 11) is 0. The summed E-state index contributed by atoms with van der Waals surface area (Å²) in [4.78, 5) is 43.1. The number of hydrogen-bond acceptors (Lipinski definition) is 5. The van der Waals surface area contributed by atoms with E-state index in [1.165, 1.54) is 11.3 Å². The number of hydrogen-bond donors (Lipinski definition) is 1. The largest absolute Gasteiger partial charge is 0.331 e. The molecule has 21 heavy (non-hydrogen) atoms. The zero-order chi connectivity index (χ0) is 15.6. The summed E-state index contributed by atoms with van der Waals surface area (Å²) in [6, 6.07) is -0.657. The van der Waals surface area contributed by atoms with Gasteiger partial charge in [0.15, 0.2) is 0 Å². The highest BCUT2D eigenvalue weighted by molar-refractivity contribution is 7.11. The molecule has 0 saturated carbocycles. The molecular formula is C14H19N3O3S. The molecule has 0 spiro atoms. The van der Waals surface area contributed by atoms with Crippen LogP contribution in [0.15, 0.2) is 6.20 Å². The minimum absolute atomic E-state index is 0.115. The molecule has 0 aliphatic carbocycles. The Kier molecular flexibility index (Phi) is 4.41. The first-order chi connectivity index (χ1) is 9.98. The number of barbiturate groups is 1. The van der Waals surface area contributed by atoms with E-state index in [1.807, 2.05) is 6.92 Å². The quantitative estimate of drug-likeness (QED) is 0.845. The standard InChI is InChI=1S/C14H19N3O3S/c1-4-9-7-15-10(21-9)8-17-12(19)14(5-2,6-3)11(18)16-13(17)20/h7H,4-6,8H2,1-3H3,(H,16,18,20). The maximum Gasteiger partial charge on any atom is 0.331 e. The highest BCUT2D eigenvalue weighted by Gasteiger charge is 2.51. The van der Waals surface area contributed by atoms with Gasteiger partial charge >= 0.3 is 6.03 Å². The van der Waals surface area contributed by atoms with Gasteiger partial charge in [0.1, 0.15) is 10.4 Å². The van der Waals surface area contributed by atoms with Crippen molar-refractivity contribution >= 4 is 29.2 Å². The minimum Gasteiger partial charge on any atom is -0.277 e. The van der Waals surface area contributed by atoms with Crippen LogP contribution in [-0.2, 0) is 22.6 Å². The fraction of sp³-hybridized carbons (Fsp3) is 0.571. The monoisotopic (exact) mass is 309 g/mol. The molecule has 1 N–H and O–H groups in total. The molecule has 0 radical (unpaired) electrons. The average Bonchev–Trinajstić information content (AvgIpc) is 2.92. The highest BCUT2D eigenvalue weighted by Crippen LogP contribution is 2.33. The van der Waals surface area contributed by atoms with Gasteiger partial charge in [-0.3, -0.25) is 19.8 Å². The highest BCUT2D eigenvalue weighted by atomic mass is 32.1. The fourth-order valence-corrected chi connectivity index (χ4v) is 3.32. The number of nitrogens with one attached hydrogen (secondary N) is 1. The molecule has 4 amide bonds. The summed E-state index contributed by atoms with van der Waals surface area (Å²) in [6.45, 7) is 5.71. The van der Waals surface area contributed by atoms with Crippen LogP contribution < -0.4 is 5.32 Å². The van der Waals surface area contributed by atoms with Crippen LogP contribution in [0, 0.1) is 5.41 Å².